The number of nitrogens with zero attached hydrogens (tertiary/aromatic N) is 4. The van der Waals surface area contributed by atoms with Gasteiger partial charge in [0.05, 0.1) is 16.9 Å². The lowest BCUT2D eigenvalue weighted by Crippen LogP contribution is -2.51. The van der Waals surface area contributed by atoms with Crippen molar-refractivity contribution in [2.24, 2.45) is 5.92 Å². The average molecular weight is 289 g/mol. The molecular weight excluding hydrogens is 270 g/mol. The van der Waals surface area contributed by atoms with Gasteiger partial charge in [0, 0.05) is 37.0 Å². The zero-order valence-corrected chi connectivity index (χ0v) is 12.7. The quantitative estimate of drug-likeness (QED) is 0.909. The van der Waals surface area contributed by atoms with E-state index in [0.29, 0.717) is 5.92 Å². The molecule has 0 bridgehead atoms. The van der Waals surface area contributed by atoms with Crippen LogP contribution < -0.4 is 10.2 Å². The number of anilines is 1. The van der Waals surface area contributed by atoms with Crippen molar-refractivity contribution >= 4 is 17.2 Å². The molecule has 20 heavy (non-hydrogen) atoms. The second-order valence-electron chi connectivity index (χ2n) is 5.30. The number of hydrogen-bond acceptors (Lipinski definition) is 6. The van der Waals surface area contributed by atoms with Crippen molar-refractivity contribution in [3.05, 3.63) is 33.9 Å². The van der Waals surface area contributed by atoms with Gasteiger partial charge in [-0.25, -0.2) is 4.98 Å². The molecule has 0 aliphatic carbocycles. The van der Waals surface area contributed by atoms with Gasteiger partial charge >= 0.3 is 0 Å². The van der Waals surface area contributed by atoms with Crippen molar-refractivity contribution in [1.82, 2.24) is 20.5 Å². The highest BCUT2D eigenvalue weighted by Crippen LogP contribution is 2.21. The van der Waals surface area contributed by atoms with E-state index in [9.17, 15) is 0 Å². The summed E-state index contributed by atoms with van der Waals surface area (Å²) in [4.78, 5) is 7.88. The summed E-state index contributed by atoms with van der Waals surface area (Å²) >= 11 is 1.72. The van der Waals surface area contributed by atoms with E-state index in [1.54, 1.807) is 11.3 Å². The van der Waals surface area contributed by atoms with Gasteiger partial charge < -0.3 is 10.2 Å². The number of rotatable bonds is 5. The third-order valence-electron chi connectivity index (χ3n) is 3.63. The maximum Gasteiger partial charge on any atom is 0.151 e. The number of thiazole rings is 1. The van der Waals surface area contributed by atoms with Crippen LogP contribution in [0, 0.1) is 19.8 Å². The molecule has 0 saturated carbocycles. The largest absolute Gasteiger partial charge is 0.354 e. The summed E-state index contributed by atoms with van der Waals surface area (Å²) in [5, 5.41) is 11.8. The van der Waals surface area contributed by atoms with Gasteiger partial charge in [-0.05, 0) is 26.0 Å². The van der Waals surface area contributed by atoms with Crippen LogP contribution >= 0.6 is 11.3 Å². The van der Waals surface area contributed by atoms with E-state index in [1.807, 2.05) is 24.6 Å². The molecule has 1 aliphatic rings. The van der Waals surface area contributed by atoms with Crippen molar-refractivity contribution < 1.29 is 0 Å². The lowest BCUT2D eigenvalue weighted by atomic mass is 10.0. The summed E-state index contributed by atoms with van der Waals surface area (Å²) in [5.41, 5.74) is 4.02. The third-order valence-corrected chi connectivity index (χ3v) is 4.56. The van der Waals surface area contributed by atoms with Crippen molar-refractivity contribution in [3.63, 3.8) is 0 Å². The molecule has 1 N–H and O–H groups in total. The summed E-state index contributed by atoms with van der Waals surface area (Å²) in [6.07, 6.45) is 0. The third kappa shape index (κ3) is 2.96. The Morgan fingerprint density at radius 1 is 1.30 bits per heavy atom. The minimum Gasteiger partial charge on any atom is -0.354 e. The topological polar surface area (TPSA) is 53.9 Å². The first-order chi connectivity index (χ1) is 9.72. The average Bonchev–Trinajstić information content (AvgIpc) is 2.79. The fourth-order valence-electron chi connectivity index (χ4n) is 2.33. The van der Waals surface area contributed by atoms with Crippen molar-refractivity contribution in [3.8, 4) is 0 Å². The molecular formula is C14H19N5S. The number of aromatic nitrogens is 3. The Hall–Kier alpha value is -1.53. The molecule has 5 nitrogen and oxygen atoms in total. The van der Waals surface area contributed by atoms with E-state index in [4.69, 9.17) is 0 Å². The summed E-state index contributed by atoms with van der Waals surface area (Å²) < 4.78 is 0. The minimum atomic E-state index is 0.700. The van der Waals surface area contributed by atoms with Crippen molar-refractivity contribution in [2.45, 2.75) is 20.4 Å². The summed E-state index contributed by atoms with van der Waals surface area (Å²) in [6, 6.07) is 4.06. The van der Waals surface area contributed by atoms with E-state index < -0.39 is 0 Å². The maximum absolute atomic E-state index is 4.26. The predicted octanol–water partition coefficient (Wildman–Crippen LogP) is 1.78. The molecule has 0 atom stereocenters. The van der Waals surface area contributed by atoms with Crippen molar-refractivity contribution in [1.29, 1.82) is 0 Å². The normalized spacial score (nSPS) is 15.4. The lowest BCUT2D eigenvalue weighted by Gasteiger charge is -2.40. The lowest BCUT2D eigenvalue weighted by molar-refractivity contribution is 0.382. The Kier molecular flexibility index (Phi) is 3.93. The van der Waals surface area contributed by atoms with Gasteiger partial charge in [0.15, 0.2) is 5.82 Å². The zero-order valence-electron chi connectivity index (χ0n) is 11.8. The van der Waals surface area contributed by atoms with Crippen LogP contribution in [0.2, 0.25) is 0 Å². The summed E-state index contributed by atoms with van der Waals surface area (Å²) in [7, 11) is 0. The Morgan fingerprint density at radius 3 is 2.80 bits per heavy atom. The van der Waals surface area contributed by atoms with Crippen LogP contribution in [-0.4, -0.2) is 34.8 Å². The van der Waals surface area contributed by atoms with Crippen LogP contribution in [0.4, 0.5) is 5.82 Å². The molecule has 2 aromatic heterocycles. The first kappa shape index (κ1) is 13.5. The minimum absolute atomic E-state index is 0.700. The molecule has 106 valence electrons. The highest BCUT2D eigenvalue weighted by molar-refractivity contribution is 7.09. The standard InChI is InChI=1S/C14H19N5S/c1-10-3-4-14(18-17-10)19-7-12(8-19)5-15-6-13-11(2)16-9-20-13/h3-4,9,12,15H,5-8H2,1-2H3. The molecule has 1 fully saturated rings. The van der Waals surface area contributed by atoms with Crippen LogP contribution in [0.15, 0.2) is 17.6 Å². The molecule has 3 rings (SSSR count). The molecule has 0 spiro atoms. The summed E-state index contributed by atoms with van der Waals surface area (Å²) in [6.45, 7) is 8.12. The second-order valence-corrected chi connectivity index (χ2v) is 6.24. The highest BCUT2D eigenvalue weighted by Gasteiger charge is 2.27. The van der Waals surface area contributed by atoms with Crippen LogP contribution in [-0.2, 0) is 6.54 Å². The molecule has 0 radical (unpaired) electrons. The molecule has 0 aromatic carbocycles. The molecule has 1 aliphatic heterocycles. The second kappa shape index (κ2) is 5.85. The Bertz CT molecular complexity index is 559. The fourth-order valence-corrected chi connectivity index (χ4v) is 3.08. The number of hydrogen-bond donors (Lipinski definition) is 1. The Morgan fingerprint density at radius 2 is 2.15 bits per heavy atom. The van der Waals surface area contributed by atoms with Gasteiger partial charge in [0.25, 0.3) is 0 Å². The Labute approximate surface area is 123 Å². The van der Waals surface area contributed by atoms with Gasteiger partial charge in [-0.2, -0.15) is 5.10 Å². The monoisotopic (exact) mass is 289 g/mol. The molecule has 3 heterocycles. The van der Waals surface area contributed by atoms with E-state index >= 15 is 0 Å². The van der Waals surface area contributed by atoms with Crippen LogP contribution in [0.25, 0.3) is 0 Å². The Balaban J connectivity index is 1.40. The highest BCUT2D eigenvalue weighted by atomic mass is 32.1. The van der Waals surface area contributed by atoms with E-state index in [-0.39, 0.29) is 0 Å². The van der Waals surface area contributed by atoms with Gasteiger partial charge in [0.1, 0.15) is 0 Å². The maximum atomic E-state index is 4.26. The van der Waals surface area contributed by atoms with Crippen LogP contribution in [0.3, 0.4) is 0 Å². The van der Waals surface area contributed by atoms with Crippen molar-refractivity contribution in [2.75, 3.05) is 24.5 Å². The van der Waals surface area contributed by atoms with Crippen LogP contribution in [0.1, 0.15) is 16.3 Å². The smallest absolute Gasteiger partial charge is 0.151 e. The first-order valence-corrected chi connectivity index (χ1v) is 7.75. The number of nitrogens with one attached hydrogen (secondary N) is 1. The van der Waals surface area contributed by atoms with Gasteiger partial charge in [-0.1, -0.05) is 0 Å². The van der Waals surface area contributed by atoms with Crippen LogP contribution in [0.5, 0.6) is 0 Å². The molecule has 0 amide bonds. The van der Waals surface area contributed by atoms with E-state index in [0.717, 1.165) is 43.4 Å². The molecule has 1 saturated heterocycles. The fraction of sp³-hybridized carbons (Fsp3) is 0.500. The van der Waals surface area contributed by atoms with Gasteiger partial charge in [-0.15, -0.1) is 16.4 Å². The molecule has 2 aromatic rings. The SMILES string of the molecule is Cc1ccc(N2CC(CNCc3scnc3C)C2)nn1. The molecule has 0 unspecified atom stereocenters. The predicted molar refractivity (Wildman–Crippen MR) is 81.0 cm³/mol. The summed E-state index contributed by atoms with van der Waals surface area (Å²) in [5.74, 6) is 1.69. The number of aryl methyl sites for hydroxylation is 2. The van der Waals surface area contributed by atoms with E-state index in [1.165, 1.54) is 4.88 Å². The zero-order chi connectivity index (χ0) is 13.9. The van der Waals surface area contributed by atoms with Gasteiger partial charge in [-0.3, -0.25) is 0 Å². The molecule has 6 heteroatoms. The van der Waals surface area contributed by atoms with Gasteiger partial charge in [0.2, 0.25) is 0 Å². The first-order valence-electron chi connectivity index (χ1n) is 6.87. The van der Waals surface area contributed by atoms with E-state index in [2.05, 4.69) is 32.3 Å².